The van der Waals surface area contributed by atoms with Crippen LogP contribution in [0.5, 0.6) is 5.88 Å². The third-order valence-electron chi connectivity index (χ3n) is 4.68. The molecule has 21 heavy (non-hydrogen) atoms. The monoisotopic (exact) mass is 284 g/mol. The van der Waals surface area contributed by atoms with Gasteiger partial charge >= 0.3 is 0 Å². The van der Waals surface area contributed by atoms with Gasteiger partial charge in [0, 0.05) is 24.1 Å². The molecule has 0 saturated carbocycles. The maximum absolute atomic E-state index is 12.4. The molecular weight excluding hydrogens is 264 g/mol. The zero-order chi connectivity index (χ0) is 15.2. The Labute approximate surface area is 124 Å². The number of methoxy groups -OCH3 is 1. The third kappa shape index (κ3) is 1.82. The van der Waals surface area contributed by atoms with Gasteiger partial charge in [-0.05, 0) is 31.4 Å². The van der Waals surface area contributed by atoms with Gasteiger partial charge in [0.05, 0.1) is 7.11 Å². The molecule has 0 saturated heterocycles. The number of nitrogens with zero attached hydrogens (tertiary/aromatic N) is 1. The van der Waals surface area contributed by atoms with Crippen molar-refractivity contribution in [3.8, 4) is 5.88 Å². The predicted octanol–water partition coefficient (Wildman–Crippen LogP) is 2.28. The van der Waals surface area contributed by atoms with Gasteiger partial charge < -0.3 is 10.5 Å². The fraction of sp³-hybridized carbons (Fsp3) is 0.412. The van der Waals surface area contributed by atoms with E-state index in [1.54, 1.807) is 7.11 Å². The summed E-state index contributed by atoms with van der Waals surface area (Å²) in [6, 6.07) is 3.76. The first-order valence-electron chi connectivity index (χ1n) is 7.21. The van der Waals surface area contributed by atoms with E-state index in [4.69, 9.17) is 10.5 Å². The molecule has 3 rings (SSSR count). The molecule has 2 N–H and O–H groups in total. The van der Waals surface area contributed by atoms with Crippen LogP contribution >= 0.6 is 0 Å². The molecule has 2 atom stereocenters. The number of carbonyl (C=O) groups excluding carboxylic acids is 1. The summed E-state index contributed by atoms with van der Waals surface area (Å²) in [7, 11) is 1.60. The van der Waals surface area contributed by atoms with Gasteiger partial charge in [-0.2, -0.15) is 0 Å². The van der Waals surface area contributed by atoms with Crippen molar-refractivity contribution in [2.45, 2.75) is 32.1 Å². The molecule has 1 unspecified atom stereocenters. The summed E-state index contributed by atoms with van der Waals surface area (Å²) in [5.41, 5.74) is 9.30. The number of amides is 1. The lowest BCUT2D eigenvalue weighted by molar-refractivity contribution is -0.122. The van der Waals surface area contributed by atoms with Gasteiger partial charge in [-0.1, -0.05) is 23.8 Å². The molecule has 0 aromatic carbocycles. The highest BCUT2D eigenvalue weighted by molar-refractivity contribution is 5.92. The van der Waals surface area contributed by atoms with E-state index in [-0.39, 0.29) is 11.8 Å². The minimum absolute atomic E-state index is 0.198. The number of ether oxygens (including phenoxy) is 1. The number of aromatic nitrogens is 1. The number of rotatable bonds is 2. The largest absolute Gasteiger partial charge is 0.481 e. The molecule has 2 bridgehead atoms. The van der Waals surface area contributed by atoms with Crippen molar-refractivity contribution in [2.75, 3.05) is 7.11 Å². The molecule has 110 valence electrons. The smallest absolute Gasteiger partial charge is 0.232 e. The summed E-state index contributed by atoms with van der Waals surface area (Å²) in [6.07, 6.45) is 5.71. The molecular formula is C17H20N2O2. The molecule has 2 aliphatic carbocycles. The average Bonchev–Trinajstić information content (AvgIpc) is 2.45. The van der Waals surface area contributed by atoms with Crippen molar-refractivity contribution in [1.29, 1.82) is 0 Å². The van der Waals surface area contributed by atoms with Crippen LogP contribution in [0.1, 0.15) is 31.5 Å². The van der Waals surface area contributed by atoms with Gasteiger partial charge in [-0.15, -0.1) is 0 Å². The number of allylic oxidation sites excluding steroid dienone is 3. The first-order chi connectivity index (χ1) is 10.0. The van der Waals surface area contributed by atoms with Gasteiger partial charge in [-0.3, -0.25) is 4.79 Å². The van der Waals surface area contributed by atoms with E-state index in [9.17, 15) is 4.79 Å². The number of hydrogen-bond acceptors (Lipinski definition) is 3. The van der Waals surface area contributed by atoms with Crippen molar-refractivity contribution < 1.29 is 9.53 Å². The van der Waals surface area contributed by atoms with Gasteiger partial charge in [0.1, 0.15) is 5.41 Å². The van der Waals surface area contributed by atoms with Gasteiger partial charge in [0.25, 0.3) is 0 Å². The maximum Gasteiger partial charge on any atom is 0.232 e. The summed E-state index contributed by atoms with van der Waals surface area (Å²) in [4.78, 5) is 17.0. The Morgan fingerprint density at radius 3 is 2.90 bits per heavy atom. The van der Waals surface area contributed by atoms with Crippen LogP contribution in [0.3, 0.4) is 0 Å². The van der Waals surface area contributed by atoms with Gasteiger partial charge in [0.2, 0.25) is 11.8 Å². The van der Waals surface area contributed by atoms with Crippen molar-refractivity contribution >= 4 is 5.91 Å². The standard InChI is InChI=1S/C17H20N2O2/c1-4-12-11-7-10(2)9-17(12,16(18)20)13-5-6-15(21-3)19-14(13)8-11/h4-7,11H,8-9H2,1-3H3,(H2,18,20)/b12-4+/t11-,17?/m1/s1. The van der Waals surface area contributed by atoms with E-state index < -0.39 is 5.41 Å². The molecule has 1 aromatic rings. The summed E-state index contributed by atoms with van der Waals surface area (Å²) in [5.74, 6) is 0.486. The third-order valence-corrected chi connectivity index (χ3v) is 4.68. The second-order valence-corrected chi connectivity index (χ2v) is 5.86. The van der Waals surface area contributed by atoms with Crippen LogP contribution in [0.25, 0.3) is 0 Å². The summed E-state index contributed by atoms with van der Waals surface area (Å²) >= 11 is 0. The highest BCUT2D eigenvalue weighted by atomic mass is 16.5. The first-order valence-corrected chi connectivity index (χ1v) is 7.21. The van der Waals surface area contributed by atoms with Gasteiger partial charge in [0.15, 0.2) is 0 Å². The number of nitrogens with two attached hydrogens (primary N) is 1. The molecule has 0 spiro atoms. The fourth-order valence-electron chi connectivity index (χ4n) is 3.92. The molecule has 0 radical (unpaired) electrons. The van der Waals surface area contributed by atoms with E-state index in [2.05, 4.69) is 18.0 Å². The maximum atomic E-state index is 12.4. The highest BCUT2D eigenvalue weighted by Gasteiger charge is 2.51. The topological polar surface area (TPSA) is 65.2 Å². The summed E-state index contributed by atoms with van der Waals surface area (Å²) in [5, 5.41) is 0. The Hall–Kier alpha value is -2.10. The normalized spacial score (nSPS) is 28.8. The van der Waals surface area contributed by atoms with Crippen LogP contribution in [-0.2, 0) is 16.6 Å². The lowest BCUT2D eigenvalue weighted by atomic mass is 9.57. The fourth-order valence-corrected chi connectivity index (χ4v) is 3.92. The summed E-state index contributed by atoms with van der Waals surface area (Å²) in [6.45, 7) is 4.05. The first kappa shape index (κ1) is 13.9. The van der Waals surface area contributed by atoms with Crippen molar-refractivity contribution in [2.24, 2.45) is 11.7 Å². The average molecular weight is 284 g/mol. The minimum atomic E-state index is -0.745. The highest BCUT2D eigenvalue weighted by Crippen LogP contribution is 2.51. The number of primary amides is 1. The van der Waals surface area contributed by atoms with E-state index in [1.165, 1.54) is 5.57 Å². The second kappa shape index (κ2) is 4.72. The molecule has 0 fully saturated rings. The van der Waals surface area contributed by atoms with Crippen LogP contribution < -0.4 is 10.5 Å². The molecule has 1 amide bonds. The van der Waals surface area contributed by atoms with Crippen molar-refractivity contribution in [3.05, 3.63) is 46.7 Å². The minimum Gasteiger partial charge on any atom is -0.481 e. The van der Waals surface area contributed by atoms with Crippen LogP contribution in [-0.4, -0.2) is 18.0 Å². The SMILES string of the molecule is C/C=C1\[C@@H]2C=C(C)CC1(C(N)=O)c1ccc(OC)nc1C2. The van der Waals surface area contributed by atoms with Crippen LogP contribution in [0, 0.1) is 5.92 Å². The quantitative estimate of drug-likeness (QED) is 0.847. The molecule has 2 aliphatic rings. The Bertz CT molecular complexity index is 675. The molecule has 4 nitrogen and oxygen atoms in total. The number of pyridine rings is 1. The van der Waals surface area contributed by atoms with E-state index in [0.717, 1.165) is 23.3 Å². The van der Waals surface area contributed by atoms with Crippen LogP contribution in [0.15, 0.2) is 35.4 Å². The Balaban J connectivity index is 2.30. The van der Waals surface area contributed by atoms with Crippen molar-refractivity contribution in [1.82, 2.24) is 4.98 Å². The summed E-state index contributed by atoms with van der Waals surface area (Å²) < 4.78 is 5.21. The van der Waals surface area contributed by atoms with Crippen LogP contribution in [0.2, 0.25) is 0 Å². The Kier molecular flexibility index (Phi) is 3.12. The number of carbonyl (C=O) groups is 1. The molecule has 1 heterocycles. The zero-order valence-corrected chi connectivity index (χ0v) is 12.6. The van der Waals surface area contributed by atoms with Gasteiger partial charge in [-0.25, -0.2) is 4.98 Å². The Morgan fingerprint density at radius 2 is 2.29 bits per heavy atom. The van der Waals surface area contributed by atoms with E-state index >= 15 is 0 Å². The molecule has 1 aromatic heterocycles. The van der Waals surface area contributed by atoms with E-state index in [1.807, 2.05) is 25.1 Å². The lowest BCUT2D eigenvalue weighted by Gasteiger charge is -2.45. The molecule has 0 aliphatic heterocycles. The van der Waals surface area contributed by atoms with Crippen molar-refractivity contribution in [3.63, 3.8) is 0 Å². The van der Waals surface area contributed by atoms with Crippen LogP contribution in [0.4, 0.5) is 0 Å². The predicted molar refractivity (Wildman–Crippen MR) is 81.0 cm³/mol. The second-order valence-electron chi connectivity index (χ2n) is 5.86. The molecule has 4 heteroatoms. The Morgan fingerprint density at radius 1 is 1.52 bits per heavy atom. The lowest BCUT2D eigenvalue weighted by Crippen LogP contribution is -2.50. The van der Waals surface area contributed by atoms with E-state index in [0.29, 0.717) is 12.3 Å². The number of fused-ring (bicyclic) bond motifs is 4. The zero-order valence-electron chi connectivity index (χ0n) is 12.6. The number of hydrogen-bond donors (Lipinski definition) is 1.